The van der Waals surface area contributed by atoms with Crippen molar-refractivity contribution in [3.05, 3.63) is 107 Å². The number of thioether (sulfide) groups is 1. The minimum absolute atomic E-state index is 0.0969. The SMILES string of the molecule is O=c1c2ccccc2n2c(SCc3nnc(-c4ccccc4)o3)nnc2n1Cc1ccccc1. The van der Waals surface area contributed by atoms with E-state index in [0.717, 1.165) is 16.6 Å². The predicted molar refractivity (Wildman–Crippen MR) is 130 cm³/mol. The van der Waals surface area contributed by atoms with Gasteiger partial charge in [-0.3, -0.25) is 13.8 Å². The topological polar surface area (TPSA) is 91.1 Å². The van der Waals surface area contributed by atoms with Crippen LogP contribution < -0.4 is 5.56 Å². The van der Waals surface area contributed by atoms with Crippen molar-refractivity contribution in [2.45, 2.75) is 17.5 Å². The number of hydrogen-bond donors (Lipinski definition) is 0. The van der Waals surface area contributed by atoms with Gasteiger partial charge in [-0.05, 0) is 29.8 Å². The molecule has 3 heterocycles. The van der Waals surface area contributed by atoms with Gasteiger partial charge in [0.25, 0.3) is 5.56 Å². The standard InChI is InChI=1S/C25H18N6O2S/c32-23-19-13-7-8-14-20(19)31-24(30(23)15-17-9-3-1-4-10-17)28-29-25(31)34-16-21-26-27-22(33-21)18-11-5-2-6-12-18/h1-14H,15-16H2. The molecule has 6 aromatic rings. The molecule has 0 aliphatic carbocycles. The van der Waals surface area contributed by atoms with Crippen molar-refractivity contribution in [1.82, 2.24) is 29.4 Å². The second-order valence-electron chi connectivity index (χ2n) is 7.67. The Labute approximate surface area is 197 Å². The molecule has 8 nitrogen and oxygen atoms in total. The van der Waals surface area contributed by atoms with Crippen LogP contribution in [0.15, 0.2) is 99.3 Å². The summed E-state index contributed by atoms with van der Waals surface area (Å²) in [7, 11) is 0. The second kappa shape index (κ2) is 8.60. The van der Waals surface area contributed by atoms with E-state index in [-0.39, 0.29) is 5.56 Å². The summed E-state index contributed by atoms with van der Waals surface area (Å²) < 4.78 is 9.41. The van der Waals surface area contributed by atoms with E-state index in [1.165, 1.54) is 11.8 Å². The molecule has 3 aromatic carbocycles. The van der Waals surface area contributed by atoms with E-state index in [1.807, 2.05) is 89.3 Å². The summed E-state index contributed by atoms with van der Waals surface area (Å²) in [6.07, 6.45) is 0. The van der Waals surface area contributed by atoms with Gasteiger partial charge >= 0.3 is 0 Å². The van der Waals surface area contributed by atoms with Crippen LogP contribution in [-0.2, 0) is 12.3 Å². The molecule has 0 spiro atoms. The molecular formula is C25H18N6O2S. The van der Waals surface area contributed by atoms with Gasteiger partial charge in [-0.15, -0.1) is 20.4 Å². The fraction of sp³-hybridized carbons (Fsp3) is 0.0800. The Bertz CT molecular complexity index is 1660. The minimum atomic E-state index is -0.0969. The molecule has 9 heteroatoms. The van der Waals surface area contributed by atoms with Gasteiger partial charge in [-0.1, -0.05) is 72.4 Å². The summed E-state index contributed by atoms with van der Waals surface area (Å²) >= 11 is 1.43. The Morgan fingerprint density at radius 1 is 0.794 bits per heavy atom. The average molecular weight is 467 g/mol. The van der Waals surface area contributed by atoms with Gasteiger partial charge in [0.1, 0.15) is 0 Å². The van der Waals surface area contributed by atoms with E-state index < -0.39 is 0 Å². The van der Waals surface area contributed by atoms with Crippen LogP contribution in [0.25, 0.3) is 28.1 Å². The number of benzene rings is 3. The quantitative estimate of drug-likeness (QED) is 0.335. The van der Waals surface area contributed by atoms with Gasteiger partial charge < -0.3 is 4.42 Å². The van der Waals surface area contributed by atoms with Gasteiger partial charge in [0.15, 0.2) is 5.16 Å². The summed E-state index contributed by atoms with van der Waals surface area (Å²) in [4.78, 5) is 13.3. The van der Waals surface area contributed by atoms with E-state index in [9.17, 15) is 4.79 Å². The van der Waals surface area contributed by atoms with Crippen LogP contribution in [-0.4, -0.2) is 29.4 Å². The van der Waals surface area contributed by atoms with Crippen molar-refractivity contribution >= 4 is 28.4 Å². The molecule has 0 aliphatic rings. The van der Waals surface area contributed by atoms with Crippen LogP contribution >= 0.6 is 11.8 Å². The molecule has 0 saturated carbocycles. The summed E-state index contributed by atoms with van der Waals surface area (Å²) in [6, 6.07) is 27.0. The molecule has 0 unspecified atom stereocenters. The van der Waals surface area contributed by atoms with Crippen molar-refractivity contribution in [2.24, 2.45) is 0 Å². The normalized spacial score (nSPS) is 11.4. The summed E-state index contributed by atoms with van der Waals surface area (Å²) in [5.41, 5.74) is 2.54. The maximum absolute atomic E-state index is 13.3. The van der Waals surface area contributed by atoms with Gasteiger partial charge in [0.05, 0.1) is 23.2 Å². The fourth-order valence-corrected chi connectivity index (χ4v) is 4.65. The van der Waals surface area contributed by atoms with E-state index in [1.54, 1.807) is 4.57 Å². The van der Waals surface area contributed by atoms with Gasteiger partial charge in [0, 0.05) is 5.56 Å². The molecule has 0 amide bonds. The molecule has 166 valence electrons. The van der Waals surface area contributed by atoms with E-state index in [4.69, 9.17) is 4.42 Å². The first-order chi connectivity index (χ1) is 16.8. The third-order valence-corrected chi connectivity index (χ3v) is 6.39. The largest absolute Gasteiger partial charge is 0.420 e. The molecular weight excluding hydrogens is 448 g/mol. The highest BCUT2D eigenvalue weighted by Crippen LogP contribution is 2.26. The van der Waals surface area contributed by atoms with Crippen LogP contribution in [0.3, 0.4) is 0 Å². The van der Waals surface area contributed by atoms with Crippen LogP contribution in [0.4, 0.5) is 0 Å². The Hall–Kier alpha value is -4.24. The monoisotopic (exact) mass is 466 g/mol. The maximum Gasteiger partial charge on any atom is 0.263 e. The van der Waals surface area contributed by atoms with Gasteiger partial charge in [-0.25, -0.2) is 0 Å². The molecule has 6 rings (SSSR count). The highest BCUT2D eigenvalue weighted by molar-refractivity contribution is 7.98. The van der Waals surface area contributed by atoms with Crippen LogP contribution in [0, 0.1) is 0 Å². The zero-order valence-electron chi connectivity index (χ0n) is 17.9. The smallest absolute Gasteiger partial charge is 0.263 e. The lowest BCUT2D eigenvalue weighted by Gasteiger charge is -2.11. The highest BCUT2D eigenvalue weighted by atomic mass is 32.2. The van der Waals surface area contributed by atoms with Crippen LogP contribution in [0.1, 0.15) is 11.5 Å². The average Bonchev–Trinajstić information content (AvgIpc) is 3.54. The zero-order chi connectivity index (χ0) is 22.9. The van der Waals surface area contributed by atoms with Crippen molar-refractivity contribution < 1.29 is 4.42 Å². The van der Waals surface area contributed by atoms with E-state index in [0.29, 0.717) is 40.4 Å². The fourth-order valence-electron chi connectivity index (χ4n) is 3.87. The van der Waals surface area contributed by atoms with Crippen molar-refractivity contribution in [3.63, 3.8) is 0 Å². The molecule has 0 bridgehead atoms. The summed E-state index contributed by atoms with van der Waals surface area (Å²) in [6.45, 7) is 0.404. The van der Waals surface area contributed by atoms with E-state index >= 15 is 0 Å². The van der Waals surface area contributed by atoms with Crippen LogP contribution in [0.5, 0.6) is 0 Å². The zero-order valence-corrected chi connectivity index (χ0v) is 18.7. The lowest BCUT2D eigenvalue weighted by atomic mass is 10.2. The molecule has 0 saturated heterocycles. The van der Waals surface area contributed by atoms with Crippen molar-refractivity contribution in [2.75, 3.05) is 0 Å². The minimum Gasteiger partial charge on any atom is -0.420 e. The number of hydrogen-bond acceptors (Lipinski definition) is 7. The first-order valence-electron chi connectivity index (χ1n) is 10.7. The first kappa shape index (κ1) is 20.4. The lowest BCUT2D eigenvalue weighted by molar-refractivity contribution is 0.528. The summed E-state index contributed by atoms with van der Waals surface area (Å²) in [5.74, 6) is 1.88. The lowest BCUT2D eigenvalue weighted by Crippen LogP contribution is -2.24. The molecule has 34 heavy (non-hydrogen) atoms. The van der Waals surface area contributed by atoms with Gasteiger partial charge in [0.2, 0.25) is 17.6 Å². The number of fused-ring (bicyclic) bond motifs is 3. The molecule has 0 N–H and O–H groups in total. The van der Waals surface area contributed by atoms with Crippen molar-refractivity contribution in [3.8, 4) is 11.5 Å². The van der Waals surface area contributed by atoms with Crippen LogP contribution in [0.2, 0.25) is 0 Å². The number of rotatable bonds is 6. The number of para-hydroxylation sites is 1. The van der Waals surface area contributed by atoms with Crippen molar-refractivity contribution in [1.29, 1.82) is 0 Å². The van der Waals surface area contributed by atoms with Gasteiger partial charge in [-0.2, -0.15) is 0 Å². The Kier molecular flexibility index (Phi) is 5.15. The first-order valence-corrected chi connectivity index (χ1v) is 11.7. The number of nitrogens with zero attached hydrogens (tertiary/aromatic N) is 6. The molecule has 0 atom stereocenters. The Morgan fingerprint density at radius 2 is 1.53 bits per heavy atom. The second-order valence-corrected chi connectivity index (χ2v) is 8.61. The maximum atomic E-state index is 13.3. The molecule has 0 aliphatic heterocycles. The predicted octanol–water partition coefficient (Wildman–Crippen LogP) is 4.43. The molecule has 3 aromatic heterocycles. The third-order valence-electron chi connectivity index (χ3n) is 5.47. The number of aromatic nitrogens is 6. The van der Waals surface area contributed by atoms with E-state index in [2.05, 4.69) is 20.4 Å². The third kappa shape index (κ3) is 3.65. The Balaban J connectivity index is 1.38. The molecule has 0 fully saturated rings. The summed E-state index contributed by atoms with van der Waals surface area (Å²) in [5, 5.41) is 18.4. The Morgan fingerprint density at radius 3 is 2.35 bits per heavy atom. The molecule has 0 radical (unpaired) electrons. The highest BCUT2D eigenvalue weighted by Gasteiger charge is 2.18.